The highest BCUT2D eigenvalue weighted by Crippen LogP contribution is 2.26. The highest BCUT2D eigenvalue weighted by molar-refractivity contribution is 7.09. The lowest BCUT2D eigenvalue weighted by Gasteiger charge is -2.34. The van der Waals surface area contributed by atoms with E-state index in [1.807, 2.05) is 17.0 Å². The number of hydrogen-bond donors (Lipinski definition) is 1. The average Bonchev–Trinajstić information content (AvgIpc) is 3.04. The van der Waals surface area contributed by atoms with E-state index in [0.29, 0.717) is 11.3 Å². The van der Waals surface area contributed by atoms with Gasteiger partial charge in [-0.25, -0.2) is 4.98 Å². The summed E-state index contributed by atoms with van der Waals surface area (Å²) in [6.45, 7) is 10.6. The van der Waals surface area contributed by atoms with Crippen molar-refractivity contribution in [1.29, 1.82) is 0 Å². The van der Waals surface area contributed by atoms with Gasteiger partial charge in [-0.1, -0.05) is 26.8 Å². The van der Waals surface area contributed by atoms with E-state index in [1.54, 1.807) is 23.5 Å². The molecule has 1 aliphatic heterocycles. The van der Waals surface area contributed by atoms with Crippen LogP contribution in [0.25, 0.3) is 0 Å². The first kappa shape index (κ1) is 17.9. The Labute approximate surface area is 153 Å². The van der Waals surface area contributed by atoms with E-state index in [9.17, 15) is 4.79 Å². The van der Waals surface area contributed by atoms with E-state index in [4.69, 9.17) is 10.7 Å². The maximum atomic E-state index is 12.6. The lowest BCUT2D eigenvalue weighted by atomic mass is 9.98. The van der Waals surface area contributed by atoms with Crippen LogP contribution in [-0.2, 0) is 12.0 Å². The Kier molecular flexibility index (Phi) is 5.11. The molecule has 0 radical (unpaired) electrons. The van der Waals surface area contributed by atoms with Crippen LogP contribution in [0.15, 0.2) is 29.6 Å². The molecule has 1 saturated heterocycles. The summed E-state index contributed by atoms with van der Waals surface area (Å²) in [5, 5.41) is 3.34. The monoisotopic (exact) mass is 358 g/mol. The third kappa shape index (κ3) is 4.38. The van der Waals surface area contributed by atoms with Gasteiger partial charge >= 0.3 is 0 Å². The third-order valence-corrected chi connectivity index (χ3v) is 5.69. The van der Waals surface area contributed by atoms with Gasteiger partial charge in [-0.3, -0.25) is 9.69 Å². The van der Waals surface area contributed by atoms with Crippen LogP contribution in [0.5, 0.6) is 0 Å². The molecule has 0 spiro atoms. The Morgan fingerprint density at radius 1 is 1.24 bits per heavy atom. The van der Waals surface area contributed by atoms with Gasteiger partial charge in [-0.2, -0.15) is 0 Å². The fraction of sp³-hybridized carbons (Fsp3) is 0.474. The molecule has 6 heteroatoms. The zero-order chi connectivity index (χ0) is 18.0. The van der Waals surface area contributed by atoms with Crippen LogP contribution in [0.4, 0.5) is 5.69 Å². The number of nitrogen functional groups attached to an aromatic ring is 1. The van der Waals surface area contributed by atoms with Gasteiger partial charge in [0, 0.05) is 54.8 Å². The van der Waals surface area contributed by atoms with Crippen LogP contribution in [0.3, 0.4) is 0 Å². The van der Waals surface area contributed by atoms with Crippen molar-refractivity contribution < 1.29 is 4.79 Å². The Hall–Kier alpha value is -1.92. The largest absolute Gasteiger partial charge is 0.399 e. The van der Waals surface area contributed by atoms with Crippen molar-refractivity contribution in [3.63, 3.8) is 0 Å². The molecule has 0 aliphatic carbocycles. The van der Waals surface area contributed by atoms with Crippen molar-refractivity contribution in [2.75, 3.05) is 31.9 Å². The SMILES string of the molecule is CC(C)(C)c1nc(CN2CCN(C(=O)c3cccc(N)c3)CC2)cs1. The molecular formula is C19H26N4OS. The van der Waals surface area contributed by atoms with Crippen molar-refractivity contribution in [2.45, 2.75) is 32.7 Å². The molecule has 0 saturated carbocycles. The predicted octanol–water partition coefficient (Wildman–Crippen LogP) is 2.98. The molecule has 2 aromatic rings. The fourth-order valence-electron chi connectivity index (χ4n) is 2.92. The molecule has 0 atom stereocenters. The molecule has 1 fully saturated rings. The molecule has 3 rings (SSSR count). The van der Waals surface area contributed by atoms with Crippen LogP contribution in [-0.4, -0.2) is 46.9 Å². The minimum Gasteiger partial charge on any atom is -0.399 e. The number of thiazole rings is 1. The number of anilines is 1. The van der Waals surface area contributed by atoms with Crippen LogP contribution in [0.1, 0.15) is 41.8 Å². The summed E-state index contributed by atoms with van der Waals surface area (Å²) >= 11 is 1.73. The van der Waals surface area contributed by atoms with Crippen molar-refractivity contribution in [3.8, 4) is 0 Å². The van der Waals surface area contributed by atoms with Crippen LogP contribution in [0, 0.1) is 0 Å². The number of aromatic nitrogens is 1. The average molecular weight is 359 g/mol. The van der Waals surface area contributed by atoms with Gasteiger partial charge in [0.1, 0.15) is 0 Å². The van der Waals surface area contributed by atoms with Gasteiger partial charge in [-0.15, -0.1) is 11.3 Å². The number of amides is 1. The maximum absolute atomic E-state index is 12.6. The topological polar surface area (TPSA) is 62.5 Å². The quantitative estimate of drug-likeness (QED) is 0.857. The first-order valence-electron chi connectivity index (χ1n) is 8.65. The zero-order valence-corrected chi connectivity index (χ0v) is 16.0. The lowest BCUT2D eigenvalue weighted by molar-refractivity contribution is 0.0627. The number of nitrogens with zero attached hydrogens (tertiary/aromatic N) is 3. The molecule has 1 aliphatic rings. The zero-order valence-electron chi connectivity index (χ0n) is 15.2. The van der Waals surface area contributed by atoms with Crippen molar-refractivity contribution in [3.05, 3.63) is 45.9 Å². The summed E-state index contributed by atoms with van der Waals surface area (Å²) in [6.07, 6.45) is 0. The molecule has 0 bridgehead atoms. The standard InChI is InChI=1S/C19H26N4OS/c1-19(2,3)18-21-16(13-25-18)12-22-7-9-23(10-8-22)17(24)14-5-4-6-15(20)11-14/h4-6,11,13H,7-10,12,20H2,1-3H3. The number of carbonyl (C=O) groups is 1. The predicted molar refractivity (Wildman–Crippen MR) is 103 cm³/mol. The molecule has 1 aromatic carbocycles. The van der Waals surface area contributed by atoms with Crippen molar-refractivity contribution >= 4 is 22.9 Å². The van der Waals surface area contributed by atoms with E-state index >= 15 is 0 Å². The third-order valence-electron chi connectivity index (χ3n) is 4.37. The Morgan fingerprint density at radius 2 is 1.96 bits per heavy atom. The normalized spacial score (nSPS) is 16.2. The van der Waals surface area contributed by atoms with E-state index in [2.05, 4.69) is 31.1 Å². The van der Waals surface area contributed by atoms with Crippen LogP contribution < -0.4 is 5.73 Å². The first-order chi connectivity index (χ1) is 11.8. The molecule has 0 unspecified atom stereocenters. The Morgan fingerprint density at radius 3 is 2.56 bits per heavy atom. The number of nitrogens with two attached hydrogens (primary N) is 1. The number of benzene rings is 1. The molecular weight excluding hydrogens is 332 g/mol. The van der Waals surface area contributed by atoms with Crippen molar-refractivity contribution in [2.24, 2.45) is 0 Å². The molecule has 5 nitrogen and oxygen atoms in total. The summed E-state index contributed by atoms with van der Waals surface area (Å²) in [4.78, 5) is 21.6. The number of rotatable bonds is 3. The van der Waals surface area contributed by atoms with Gasteiger partial charge in [-0.05, 0) is 18.2 Å². The second-order valence-electron chi connectivity index (χ2n) is 7.59. The van der Waals surface area contributed by atoms with Gasteiger partial charge < -0.3 is 10.6 Å². The summed E-state index contributed by atoms with van der Waals surface area (Å²) in [5.41, 5.74) is 8.31. The van der Waals surface area contributed by atoms with Gasteiger partial charge in [0.15, 0.2) is 0 Å². The Balaban J connectivity index is 1.55. The van der Waals surface area contributed by atoms with E-state index in [-0.39, 0.29) is 11.3 Å². The van der Waals surface area contributed by atoms with Gasteiger partial charge in [0.05, 0.1) is 10.7 Å². The highest BCUT2D eigenvalue weighted by atomic mass is 32.1. The highest BCUT2D eigenvalue weighted by Gasteiger charge is 2.23. The van der Waals surface area contributed by atoms with Crippen molar-refractivity contribution in [1.82, 2.24) is 14.8 Å². The maximum Gasteiger partial charge on any atom is 0.254 e. The summed E-state index contributed by atoms with van der Waals surface area (Å²) in [6, 6.07) is 7.20. The molecule has 2 N–H and O–H groups in total. The summed E-state index contributed by atoms with van der Waals surface area (Å²) < 4.78 is 0. The van der Waals surface area contributed by atoms with E-state index in [1.165, 1.54) is 5.01 Å². The Bertz CT molecular complexity index is 742. The summed E-state index contributed by atoms with van der Waals surface area (Å²) in [7, 11) is 0. The number of piperazine rings is 1. The first-order valence-corrected chi connectivity index (χ1v) is 9.53. The summed E-state index contributed by atoms with van der Waals surface area (Å²) in [5.74, 6) is 0.0654. The second kappa shape index (κ2) is 7.14. The van der Waals surface area contributed by atoms with Crippen LogP contribution >= 0.6 is 11.3 Å². The minimum atomic E-state index is 0.0654. The number of carbonyl (C=O) groups excluding carboxylic acids is 1. The molecule has 134 valence electrons. The van der Waals surface area contributed by atoms with Gasteiger partial charge in [0.25, 0.3) is 5.91 Å². The van der Waals surface area contributed by atoms with E-state index < -0.39 is 0 Å². The minimum absolute atomic E-state index is 0.0654. The smallest absolute Gasteiger partial charge is 0.254 e. The fourth-order valence-corrected chi connectivity index (χ4v) is 3.81. The molecule has 25 heavy (non-hydrogen) atoms. The second-order valence-corrected chi connectivity index (χ2v) is 8.45. The molecule has 1 aromatic heterocycles. The molecule has 2 heterocycles. The number of hydrogen-bond acceptors (Lipinski definition) is 5. The lowest BCUT2D eigenvalue weighted by Crippen LogP contribution is -2.48. The van der Waals surface area contributed by atoms with Crippen LogP contribution in [0.2, 0.25) is 0 Å². The van der Waals surface area contributed by atoms with Gasteiger partial charge in [0.2, 0.25) is 0 Å². The van der Waals surface area contributed by atoms with E-state index in [0.717, 1.165) is 38.4 Å². The molecule has 1 amide bonds.